The number of nitrogens with zero attached hydrogens (tertiary/aromatic N) is 1. The van der Waals surface area contributed by atoms with E-state index in [2.05, 4.69) is 4.98 Å². The van der Waals surface area contributed by atoms with Crippen LogP contribution in [0, 0.1) is 18.6 Å². The Morgan fingerprint density at radius 3 is 2.61 bits per heavy atom. The van der Waals surface area contributed by atoms with Crippen molar-refractivity contribution in [3.8, 4) is 5.69 Å². The van der Waals surface area contributed by atoms with Gasteiger partial charge in [0.25, 0.3) is 5.56 Å². The van der Waals surface area contributed by atoms with Crippen molar-refractivity contribution in [1.82, 2.24) is 9.55 Å². The van der Waals surface area contributed by atoms with Crippen LogP contribution >= 0.6 is 11.6 Å². The van der Waals surface area contributed by atoms with Gasteiger partial charge in [-0.25, -0.2) is 18.1 Å². The topological polar surface area (TPSA) is 54.9 Å². The average Bonchev–Trinajstić information content (AvgIpc) is 2.32. The molecule has 7 heteroatoms. The molecule has 94 valence electrons. The quantitative estimate of drug-likeness (QED) is 0.805. The SMILES string of the molecule is Cc1c(Cl)[nH]c(=O)n(-c2cccc(F)c2F)c1=O. The van der Waals surface area contributed by atoms with E-state index in [1.54, 1.807) is 0 Å². The van der Waals surface area contributed by atoms with E-state index in [4.69, 9.17) is 11.6 Å². The third-order valence-corrected chi connectivity index (χ3v) is 2.82. The van der Waals surface area contributed by atoms with E-state index in [0.29, 0.717) is 4.57 Å². The van der Waals surface area contributed by atoms with Crippen molar-refractivity contribution in [3.63, 3.8) is 0 Å². The molecule has 0 aliphatic rings. The highest BCUT2D eigenvalue weighted by Crippen LogP contribution is 2.14. The standard InChI is InChI=1S/C11H7ClF2N2O2/c1-5-9(12)15-11(18)16(10(5)17)7-4-2-3-6(13)8(7)14/h2-4H,1H3,(H,15,18). The van der Waals surface area contributed by atoms with Crippen LogP contribution in [0.4, 0.5) is 8.78 Å². The van der Waals surface area contributed by atoms with Gasteiger partial charge in [0.05, 0.1) is 11.3 Å². The number of aromatic amines is 1. The minimum Gasteiger partial charge on any atom is -0.297 e. The average molecular weight is 273 g/mol. The molecule has 0 amide bonds. The lowest BCUT2D eigenvalue weighted by Crippen LogP contribution is -2.35. The Morgan fingerprint density at radius 2 is 1.94 bits per heavy atom. The van der Waals surface area contributed by atoms with E-state index in [9.17, 15) is 18.4 Å². The van der Waals surface area contributed by atoms with Crippen molar-refractivity contribution in [3.05, 3.63) is 61.4 Å². The van der Waals surface area contributed by atoms with Gasteiger partial charge >= 0.3 is 5.69 Å². The van der Waals surface area contributed by atoms with Crippen molar-refractivity contribution in [2.75, 3.05) is 0 Å². The lowest BCUT2D eigenvalue weighted by Gasteiger charge is -2.07. The Labute approximate surface area is 104 Å². The van der Waals surface area contributed by atoms with Crippen LogP contribution in [-0.4, -0.2) is 9.55 Å². The molecule has 0 spiro atoms. The third-order valence-electron chi connectivity index (χ3n) is 2.45. The molecular weight excluding hydrogens is 266 g/mol. The molecular formula is C11H7ClF2N2O2. The van der Waals surface area contributed by atoms with E-state index >= 15 is 0 Å². The van der Waals surface area contributed by atoms with Crippen LogP contribution in [0.5, 0.6) is 0 Å². The fourth-order valence-electron chi connectivity index (χ4n) is 1.48. The molecule has 0 fully saturated rings. The van der Waals surface area contributed by atoms with Crippen LogP contribution in [0.15, 0.2) is 27.8 Å². The smallest absolute Gasteiger partial charge is 0.297 e. The van der Waals surface area contributed by atoms with Gasteiger partial charge in [-0.1, -0.05) is 17.7 Å². The predicted octanol–water partition coefficient (Wildman–Crippen LogP) is 1.77. The molecule has 0 saturated heterocycles. The summed E-state index contributed by atoms with van der Waals surface area (Å²) in [4.78, 5) is 25.6. The second-order valence-corrected chi connectivity index (χ2v) is 3.96. The first-order valence-corrected chi connectivity index (χ1v) is 5.27. The van der Waals surface area contributed by atoms with Crippen molar-refractivity contribution in [2.24, 2.45) is 0 Å². The molecule has 0 radical (unpaired) electrons. The Kier molecular flexibility index (Phi) is 3.04. The van der Waals surface area contributed by atoms with Gasteiger partial charge in [0.2, 0.25) is 0 Å². The zero-order chi connectivity index (χ0) is 13.4. The Hall–Kier alpha value is -1.95. The van der Waals surface area contributed by atoms with E-state index in [1.165, 1.54) is 13.0 Å². The summed E-state index contributed by atoms with van der Waals surface area (Å²) >= 11 is 5.61. The van der Waals surface area contributed by atoms with Crippen molar-refractivity contribution in [1.29, 1.82) is 0 Å². The van der Waals surface area contributed by atoms with Crippen molar-refractivity contribution in [2.45, 2.75) is 6.92 Å². The third kappa shape index (κ3) is 1.84. The van der Waals surface area contributed by atoms with Crippen LogP contribution < -0.4 is 11.2 Å². The number of H-pyrrole nitrogens is 1. The van der Waals surface area contributed by atoms with Crippen molar-refractivity contribution < 1.29 is 8.78 Å². The van der Waals surface area contributed by atoms with E-state index in [1.807, 2.05) is 0 Å². The molecule has 0 bridgehead atoms. The molecule has 1 aromatic heterocycles. The summed E-state index contributed by atoms with van der Waals surface area (Å²) in [6, 6.07) is 3.22. The molecule has 2 aromatic rings. The molecule has 0 aliphatic carbocycles. The number of nitrogens with one attached hydrogen (secondary N) is 1. The van der Waals surface area contributed by atoms with Gasteiger partial charge in [0, 0.05) is 0 Å². The molecule has 0 unspecified atom stereocenters. The maximum Gasteiger partial charge on any atom is 0.334 e. The molecule has 0 saturated carbocycles. The van der Waals surface area contributed by atoms with Crippen molar-refractivity contribution >= 4 is 11.6 Å². The van der Waals surface area contributed by atoms with Gasteiger partial charge in [-0.3, -0.25) is 9.78 Å². The summed E-state index contributed by atoms with van der Waals surface area (Å²) in [7, 11) is 0. The fourth-order valence-corrected chi connectivity index (χ4v) is 1.64. The van der Waals surface area contributed by atoms with Gasteiger partial charge in [-0.2, -0.15) is 0 Å². The Morgan fingerprint density at radius 1 is 1.28 bits per heavy atom. The first kappa shape index (κ1) is 12.5. The Balaban J connectivity index is 2.89. The second kappa shape index (κ2) is 4.38. The fraction of sp³-hybridized carbons (Fsp3) is 0.0909. The van der Waals surface area contributed by atoms with Crippen LogP contribution in [-0.2, 0) is 0 Å². The molecule has 2 rings (SSSR count). The monoisotopic (exact) mass is 272 g/mol. The van der Waals surface area contributed by atoms with Crippen LogP contribution in [0.1, 0.15) is 5.56 Å². The first-order chi connectivity index (χ1) is 8.43. The highest BCUT2D eigenvalue weighted by Gasteiger charge is 2.16. The number of halogens is 3. The zero-order valence-electron chi connectivity index (χ0n) is 9.13. The largest absolute Gasteiger partial charge is 0.334 e. The molecule has 1 aromatic carbocycles. The van der Waals surface area contributed by atoms with Gasteiger partial charge in [-0.05, 0) is 19.1 Å². The second-order valence-electron chi connectivity index (χ2n) is 3.58. The molecule has 1 N–H and O–H groups in total. The normalized spacial score (nSPS) is 10.7. The minimum atomic E-state index is -1.27. The minimum absolute atomic E-state index is 0.0416. The summed E-state index contributed by atoms with van der Waals surface area (Å²) in [5.41, 5.74) is -2.14. The molecule has 0 aliphatic heterocycles. The lowest BCUT2D eigenvalue weighted by molar-refractivity contribution is 0.502. The number of aromatic nitrogens is 2. The number of hydrogen-bond donors (Lipinski definition) is 1. The maximum atomic E-state index is 13.6. The van der Waals surface area contributed by atoms with Gasteiger partial charge in [0.15, 0.2) is 11.6 Å². The van der Waals surface area contributed by atoms with Crippen LogP contribution in [0.2, 0.25) is 5.15 Å². The molecule has 18 heavy (non-hydrogen) atoms. The summed E-state index contributed by atoms with van der Waals surface area (Å²) in [5.74, 6) is -2.42. The van der Waals surface area contributed by atoms with Crippen LogP contribution in [0.3, 0.4) is 0 Å². The maximum absolute atomic E-state index is 13.6. The number of hydrogen-bond acceptors (Lipinski definition) is 2. The first-order valence-electron chi connectivity index (χ1n) is 4.89. The van der Waals surface area contributed by atoms with Crippen LogP contribution in [0.25, 0.3) is 5.69 Å². The lowest BCUT2D eigenvalue weighted by atomic mass is 10.2. The van der Waals surface area contributed by atoms with Gasteiger partial charge in [-0.15, -0.1) is 0 Å². The summed E-state index contributed by atoms with van der Waals surface area (Å²) < 4.78 is 27.1. The van der Waals surface area contributed by atoms with E-state index in [-0.39, 0.29) is 10.7 Å². The zero-order valence-corrected chi connectivity index (χ0v) is 9.89. The molecule has 4 nitrogen and oxygen atoms in total. The van der Waals surface area contributed by atoms with Gasteiger partial charge in [0.1, 0.15) is 5.15 Å². The predicted molar refractivity (Wildman–Crippen MR) is 62.3 cm³/mol. The highest BCUT2D eigenvalue weighted by atomic mass is 35.5. The van der Waals surface area contributed by atoms with E-state index < -0.39 is 28.6 Å². The highest BCUT2D eigenvalue weighted by molar-refractivity contribution is 6.30. The van der Waals surface area contributed by atoms with E-state index in [0.717, 1.165) is 12.1 Å². The summed E-state index contributed by atoms with van der Waals surface area (Å²) in [5, 5.41) is -0.127. The van der Waals surface area contributed by atoms with Gasteiger partial charge < -0.3 is 0 Å². The number of rotatable bonds is 1. The molecule has 1 heterocycles. The number of benzene rings is 1. The summed E-state index contributed by atoms with van der Waals surface area (Å²) in [6.45, 7) is 1.37. The molecule has 0 atom stereocenters. The summed E-state index contributed by atoms with van der Waals surface area (Å²) in [6.07, 6.45) is 0. The Bertz CT molecular complexity index is 737.